The van der Waals surface area contributed by atoms with Crippen LogP contribution in [0.25, 0.3) is 0 Å². The Hall–Kier alpha value is -4.81. The highest BCUT2D eigenvalue weighted by Gasteiger charge is 2.44. The molecule has 0 spiro atoms. The van der Waals surface area contributed by atoms with Crippen LogP contribution in [0.1, 0.15) is 125 Å². The largest absolute Gasteiger partial charge is 0.511 e. The molecule has 16 heteroatoms. The molecule has 2 amide bonds. The summed E-state index contributed by atoms with van der Waals surface area (Å²) in [7, 11) is 0. The van der Waals surface area contributed by atoms with Crippen LogP contribution in [0.15, 0.2) is 106 Å². The summed E-state index contributed by atoms with van der Waals surface area (Å²) >= 11 is 0. The predicted octanol–water partition coefficient (Wildman–Crippen LogP) is 5.38. The molecule has 0 aromatic rings. The molecule has 7 atom stereocenters. The normalized spacial score (nSPS) is 26.6. The number of hydrogen-bond acceptors (Lipinski definition) is 14. The number of fused-ring (bicyclic) bond motifs is 5. The van der Waals surface area contributed by atoms with E-state index in [9.17, 15) is 40.2 Å². The maximum atomic E-state index is 13.3. The van der Waals surface area contributed by atoms with E-state index < -0.39 is 37.3 Å². The van der Waals surface area contributed by atoms with Gasteiger partial charge in [0.2, 0.25) is 11.8 Å². The van der Waals surface area contributed by atoms with Gasteiger partial charge in [0.1, 0.15) is 30.2 Å². The van der Waals surface area contributed by atoms with Crippen LogP contribution in [-0.2, 0) is 19.1 Å². The third-order valence-electron chi connectivity index (χ3n) is 14.5. The van der Waals surface area contributed by atoms with Gasteiger partial charge in [-0.25, -0.2) is 15.0 Å². The van der Waals surface area contributed by atoms with Gasteiger partial charge < -0.3 is 56.1 Å². The first kappa shape index (κ1) is 51.1. The van der Waals surface area contributed by atoms with E-state index in [1.54, 1.807) is 0 Å². The molecular weight excluding hydrogens is 869 g/mol. The number of amides is 2. The number of allylic oxidation sites excluding steroid dienone is 11. The molecule has 2 saturated heterocycles. The van der Waals surface area contributed by atoms with Crippen molar-refractivity contribution in [2.24, 2.45) is 26.8 Å². The van der Waals surface area contributed by atoms with Crippen LogP contribution in [0.5, 0.6) is 0 Å². The van der Waals surface area contributed by atoms with Crippen molar-refractivity contribution in [3.05, 3.63) is 91.5 Å². The van der Waals surface area contributed by atoms with E-state index in [4.69, 9.17) is 24.5 Å². The Morgan fingerprint density at radius 1 is 0.779 bits per heavy atom. The summed E-state index contributed by atoms with van der Waals surface area (Å²) in [5.74, 6) is 0.239. The van der Waals surface area contributed by atoms with Gasteiger partial charge in [-0.3, -0.25) is 9.59 Å². The Morgan fingerprint density at radius 2 is 1.41 bits per heavy atom. The summed E-state index contributed by atoms with van der Waals surface area (Å²) in [6.45, 7) is 10.6. The molecule has 0 aromatic carbocycles. The quantitative estimate of drug-likeness (QED) is 0.0624. The first-order chi connectivity index (χ1) is 32.8. The standard InChI is InChI=1S/C52H72N6O10/c1-6-32-28(2)37-24-41-35(26-59)30(4)36(56-41)23-38-29(3)33(47(57-38)34-22-42(61)46-31(5)39(58-48(34)46)25-40(32)55-37)17-18-45(63)53-19-15-13-11-9-7-8-10-12-14-16-44(62)54-20-21-67-52-51(66)50(65)49(64)43(27-60)68-52/h23-25,29,33,43,49-52,57,59-61,64-66H,6-22,26-27H2,1-5H3,(H,53,63)(H,54,62)/t29-,33-,43+,49-,50-,51+,52+/m0/s1. The van der Waals surface area contributed by atoms with Crippen molar-refractivity contribution in [2.45, 2.75) is 155 Å². The van der Waals surface area contributed by atoms with Crippen molar-refractivity contribution in [1.29, 1.82) is 0 Å². The maximum absolute atomic E-state index is 13.3. The van der Waals surface area contributed by atoms with Gasteiger partial charge in [0, 0.05) is 72.3 Å². The van der Waals surface area contributed by atoms with Gasteiger partial charge in [-0.2, -0.15) is 0 Å². The fourth-order valence-corrected chi connectivity index (χ4v) is 10.3. The number of nitrogens with zero attached hydrogens (tertiary/aromatic N) is 3. The highest BCUT2D eigenvalue weighted by Crippen LogP contribution is 2.46. The number of carbonyl (C=O) groups is 2. The first-order valence-corrected chi connectivity index (χ1v) is 24.8. The third-order valence-corrected chi connectivity index (χ3v) is 14.5. The van der Waals surface area contributed by atoms with E-state index in [1.807, 2.05) is 26.0 Å². The van der Waals surface area contributed by atoms with Gasteiger partial charge in [-0.05, 0) is 87.0 Å². The number of aliphatic imine (C=N–C) groups is 3. The lowest BCUT2D eigenvalue weighted by atomic mass is 9.86. The average molecular weight is 941 g/mol. The molecule has 0 unspecified atom stereocenters. The van der Waals surface area contributed by atoms with Crippen LogP contribution in [-0.4, -0.2) is 123 Å². The molecule has 1 aliphatic carbocycles. The summed E-state index contributed by atoms with van der Waals surface area (Å²) < 4.78 is 10.7. The highest BCUT2D eigenvalue weighted by molar-refractivity contribution is 6.21. The zero-order valence-electron chi connectivity index (χ0n) is 40.4. The number of nitrogens with one attached hydrogen (secondary N) is 3. The van der Waals surface area contributed by atoms with Crippen molar-refractivity contribution in [3.8, 4) is 0 Å². The second-order valence-electron chi connectivity index (χ2n) is 19.0. The van der Waals surface area contributed by atoms with E-state index in [-0.39, 0.29) is 43.4 Å². The molecule has 6 heterocycles. The van der Waals surface area contributed by atoms with Crippen LogP contribution in [0.3, 0.4) is 0 Å². The lowest BCUT2D eigenvalue weighted by molar-refractivity contribution is -0.300. The molecule has 8 bridgehead atoms. The SMILES string of the molecule is CCC1=C(C)C2=NC1=CC1=C(C)C3=C(O)CC(=C4NC(=CC5=NC(=C2)C(CO)=C5C)[C@@H](C)[C@@H]4CCC(=O)NCCCCCCCCCCCC(=O)NCCO[C@@H]2O[C@H](CO)[C@H](O)[C@H](O)[C@H]2O)C3=N1. The van der Waals surface area contributed by atoms with Gasteiger partial charge >= 0.3 is 0 Å². The van der Waals surface area contributed by atoms with Crippen molar-refractivity contribution >= 4 is 28.9 Å². The number of unbranched alkanes of at least 4 members (excludes halogenated alkanes) is 8. The highest BCUT2D eigenvalue weighted by atomic mass is 16.7. The number of carbonyl (C=O) groups excluding carboxylic acids is 2. The van der Waals surface area contributed by atoms with Crippen molar-refractivity contribution in [2.75, 3.05) is 32.9 Å². The molecule has 370 valence electrons. The second-order valence-corrected chi connectivity index (χ2v) is 19.0. The number of ether oxygens (including phenoxy) is 2. The van der Waals surface area contributed by atoms with Crippen molar-refractivity contribution in [3.63, 3.8) is 0 Å². The fourth-order valence-electron chi connectivity index (χ4n) is 10.3. The van der Waals surface area contributed by atoms with Crippen LogP contribution >= 0.6 is 0 Å². The third kappa shape index (κ3) is 11.3. The average Bonchev–Trinajstić information content (AvgIpc) is 4.08. The Morgan fingerprint density at radius 3 is 2.10 bits per heavy atom. The predicted molar refractivity (Wildman–Crippen MR) is 260 cm³/mol. The second kappa shape index (κ2) is 23.2. The molecule has 0 radical (unpaired) electrons. The van der Waals surface area contributed by atoms with Gasteiger partial charge in [-0.15, -0.1) is 0 Å². The summed E-state index contributed by atoms with van der Waals surface area (Å²) in [5.41, 5.74) is 13.2. The van der Waals surface area contributed by atoms with Gasteiger partial charge in [0.25, 0.3) is 0 Å². The number of rotatable bonds is 22. The Kier molecular flexibility index (Phi) is 17.4. The van der Waals surface area contributed by atoms with Gasteiger partial charge in [0.05, 0.1) is 54.0 Å². The molecular formula is C52H72N6O10. The molecule has 0 aromatic heterocycles. The molecule has 9 N–H and O–H groups in total. The Balaban J connectivity index is 0.839. The van der Waals surface area contributed by atoms with E-state index in [1.165, 1.54) is 0 Å². The van der Waals surface area contributed by atoms with Crippen molar-refractivity contribution in [1.82, 2.24) is 16.0 Å². The Bertz CT molecular complexity index is 2330. The van der Waals surface area contributed by atoms with E-state index in [0.29, 0.717) is 43.7 Å². The molecule has 7 aliphatic rings. The zero-order valence-corrected chi connectivity index (χ0v) is 40.4. The molecule has 2 fully saturated rings. The zero-order chi connectivity index (χ0) is 48.6. The minimum atomic E-state index is -1.51. The summed E-state index contributed by atoms with van der Waals surface area (Å²) in [6.07, 6.45) is 11.1. The molecule has 7 rings (SSSR count). The van der Waals surface area contributed by atoms with Crippen LogP contribution < -0.4 is 16.0 Å². The minimum Gasteiger partial charge on any atom is -0.511 e. The number of hydrogen-bond donors (Lipinski definition) is 9. The molecule has 68 heavy (non-hydrogen) atoms. The van der Waals surface area contributed by atoms with Gasteiger partial charge in [-0.1, -0.05) is 58.8 Å². The van der Waals surface area contributed by atoms with E-state index in [2.05, 4.69) is 42.8 Å². The lowest BCUT2D eigenvalue weighted by Gasteiger charge is -2.39. The molecule has 16 nitrogen and oxygen atoms in total. The van der Waals surface area contributed by atoms with Gasteiger partial charge in [0.15, 0.2) is 6.29 Å². The smallest absolute Gasteiger partial charge is 0.220 e. The lowest BCUT2D eigenvalue weighted by Crippen LogP contribution is -2.59. The summed E-state index contributed by atoms with van der Waals surface area (Å²) in [4.78, 5) is 40.8. The first-order valence-electron chi connectivity index (χ1n) is 24.8. The summed E-state index contributed by atoms with van der Waals surface area (Å²) in [6, 6.07) is 0. The van der Waals surface area contributed by atoms with E-state index >= 15 is 0 Å². The topological polar surface area (TPSA) is 247 Å². The summed E-state index contributed by atoms with van der Waals surface area (Å²) in [5, 5.41) is 70.7. The minimum absolute atomic E-state index is 0.0224. The van der Waals surface area contributed by atoms with Crippen LogP contribution in [0.2, 0.25) is 0 Å². The van der Waals surface area contributed by atoms with Crippen molar-refractivity contribution < 1.29 is 49.7 Å². The monoisotopic (exact) mass is 941 g/mol. The van der Waals surface area contributed by atoms with Crippen LogP contribution in [0.4, 0.5) is 0 Å². The number of aliphatic hydroxyl groups excluding tert-OH is 6. The number of aliphatic hydroxyl groups is 6. The maximum Gasteiger partial charge on any atom is 0.220 e. The molecule has 6 aliphatic heterocycles. The Labute approximate surface area is 399 Å². The van der Waals surface area contributed by atoms with E-state index in [0.717, 1.165) is 143 Å². The fraction of sp³-hybridized carbons (Fsp3) is 0.596. The van der Waals surface area contributed by atoms with Crippen LogP contribution in [0, 0.1) is 11.8 Å². The molecule has 0 saturated carbocycles.